The molecule has 0 N–H and O–H groups in total. The van der Waals surface area contributed by atoms with Crippen LogP contribution in [-0.4, -0.2) is 29.8 Å². The largest absolute Gasteiger partial charge is 0.496 e. The van der Waals surface area contributed by atoms with E-state index in [4.69, 9.17) is 14.0 Å². The first-order chi connectivity index (χ1) is 14.1. The molecule has 0 aliphatic rings. The van der Waals surface area contributed by atoms with Crippen molar-refractivity contribution in [1.29, 1.82) is 0 Å². The van der Waals surface area contributed by atoms with Gasteiger partial charge in [-0.25, -0.2) is 0 Å². The zero-order valence-electron chi connectivity index (χ0n) is 16.2. The molecule has 1 heterocycles. The number of carbonyl (C=O) groups is 2. The Bertz CT molecular complexity index is 984. The maximum atomic E-state index is 12.0. The molecule has 0 unspecified atom stereocenters. The highest BCUT2D eigenvalue weighted by molar-refractivity contribution is 7.99. The van der Waals surface area contributed by atoms with E-state index in [1.807, 2.05) is 30.3 Å². The van der Waals surface area contributed by atoms with E-state index >= 15 is 0 Å². The number of thioether (sulfide) groups is 1. The normalized spacial score (nSPS) is 10.6. The Labute approximate surface area is 173 Å². The summed E-state index contributed by atoms with van der Waals surface area (Å²) in [7, 11) is 1.58. The summed E-state index contributed by atoms with van der Waals surface area (Å²) in [5.41, 5.74) is 2.94. The van der Waals surface area contributed by atoms with Crippen LogP contribution in [0, 0.1) is 0 Å². The third-order valence-electron chi connectivity index (χ3n) is 4.16. The van der Waals surface area contributed by atoms with Gasteiger partial charge in [0.1, 0.15) is 18.1 Å². The third-order valence-corrected chi connectivity index (χ3v) is 5.12. The number of Topliss-reactive ketones (excluding diaryl/α,β-unsaturated/α-hetero) is 1. The van der Waals surface area contributed by atoms with Gasteiger partial charge in [-0.3, -0.25) is 9.59 Å². The SMILES string of the molecule is COc1ccc(C(C)=O)cc1CSCC(=O)OCc1cc(-c2ccccc2)on1. The second-order valence-electron chi connectivity index (χ2n) is 6.28. The van der Waals surface area contributed by atoms with Crippen molar-refractivity contribution in [3.8, 4) is 17.1 Å². The number of methoxy groups -OCH3 is 1. The van der Waals surface area contributed by atoms with Gasteiger partial charge in [0, 0.05) is 28.5 Å². The number of carbonyl (C=O) groups excluding carboxylic acids is 2. The molecule has 29 heavy (non-hydrogen) atoms. The third kappa shape index (κ3) is 5.71. The van der Waals surface area contributed by atoms with Crippen molar-refractivity contribution in [2.75, 3.05) is 12.9 Å². The van der Waals surface area contributed by atoms with Gasteiger partial charge in [0.15, 0.2) is 11.5 Å². The Hall–Kier alpha value is -3.06. The van der Waals surface area contributed by atoms with Crippen LogP contribution in [-0.2, 0) is 21.9 Å². The smallest absolute Gasteiger partial charge is 0.316 e. The number of hydrogen-bond donors (Lipinski definition) is 0. The lowest BCUT2D eigenvalue weighted by atomic mass is 10.1. The molecule has 150 valence electrons. The molecule has 0 saturated carbocycles. The number of hydrogen-bond acceptors (Lipinski definition) is 7. The molecule has 0 radical (unpaired) electrons. The maximum Gasteiger partial charge on any atom is 0.316 e. The minimum atomic E-state index is -0.346. The number of aromatic nitrogens is 1. The summed E-state index contributed by atoms with van der Waals surface area (Å²) in [5.74, 6) is 1.66. The lowest BCUT2D eigenvalue weighted by Gasteiger charge is -2.09. The summed E-state index contributed by atoms with van der Waals surface area (Å²) in [5, 5.41) is 3.93. The fourth-order valence-corrected chi connectivity index (χ4v) is 3.47. The Morgan fingerprint density at radius 2 is 1.90 bits per heavy atom. The first-order valence-electron chi connectivity index (χ1n) is 8.99. The van der Waals surface area contributed by atoms with Crippen molar-refractivity contribution in [3.63, 3.8) is 0 Å². The van der Waals surface area contributed by atoms with Gasteiger partial charge in [-0.05, 0) is 25.1 Å². The standard InChI is InChI=1S/C22H21NO5S/c1-15(24)17-8-9-20(26-2)18(10-17)13-29-14-22(25)27-12-19-11-21(28-23-19)16-6-4-3-5-7-16/h3-11H,12-14H2,1-2H3. The summed E-state index contributed by atoms with van der Waals surface area (Å²) in [6.45, 7) is 1.57. The van der Waals surface area contributed by atoms with Crippen molar-refractivity contribution in [2.24, 2.45) is 0 Å². The second-order valence-corrected chi connectivity index (χ2v) is 7.27. The molecule has 0 aliphatic heterocycles. The van der Waals surface area contributed by atoms with E-state index in [1.54, 1.807) is 31.4 Å². The first kappa shape index (κ1) is 20.7. The first-order valence-corrected chi connectivity index (χ1v) is 10.1. The highest BCUT2D eigenvalue weighted by Gasteiger charge is 2.11. The molecular weight excluding hydrogens is 390 g/mol. The van der Waals surface area contributed by atoms with Crippen LogP contribution in [0.5, 0.6) is 5.75 Å². The summed E-state index contributed by atoms with van der Waals surface area (Å²) < 4.78 is 15.9. The monoisotopic (exact) mass is 411 g/mol. The lowest BCUT2D eigenvalue weighted by Crippen LogP contribution is -2.08. The van der Waals surface area contributed by atoms with Crippen LogP contribution in [0.1, 0.15) is 28.5 Å². The highest BCUT2D eigenvalue weighted by Crippen LogP contribution is 2.25. The fraction of sp³-hybridized carbons (Fsp3) is 0.227. The number of rotatable bonds is 9. The van der Waals surface area contributed by atoms with Crippen molar-refractivity contribution in [3.05, 3.63) is 71.4 Å². The van der Waals surface area contributed by atoms with Gasteiger partial charge in [0.2, 0.25) is 0 Å². The van der Waals surface area contributed by atoms with Gasteiger partial charge in [-0.2, -0.15) is 0 Å². The number of esters is 1. The number of benzene rings is 2. The van der Waals surface area contributed by atoms with E-state index in [1.165, 1.54) is 18.7 Å². The molecule has 0 amide bonds. The van der Waals surface area contributed by atoms with Gasteiger partial charge in [-0.1, -0.05) is 35.5 Å². The Kier molecular flexibility index (Phi) is 7.08. The van der Waals surface area contributed by atoms with Crippen molar-refractivity contribution < 1.29 is 23.6 Å². The Balaban J connectivity index is 1.48. The fourth-order valence-electron chi connectivity index (χ4n) is 2.67. The predicted molar refractivity (Wildman–Crippen MR) is 111 cm³/mol. The van der Waals surface area contributed by atoms with Crippen molar-refractivity contribution in [1.82, 2.24) is 5.16 Å². The molecule has 0 aliphatic carbocycles. The summed E-state index contributed by atoms with van der Waals surface area (Å²) in [6, 6.07) is 16.6. The zero-order chi connectivity index (χ0) is 20.6. The van der Waals surface area contributed by atoms with Gasteiger partial charge in [-0.15, -0.1) is 11.8 Å². The molecule has 1 aromatic heterocycles. The molecule has 2 aromatic carbocycles. The van der Waals surface area contributed by atoms with Crippen LogP contribution in [0.3, 0.4) is 0 Å². The van der Waals surface area contributed by atoms with E-state index in [2.05, 4.69) is 5.16 Å². The number of ketones is 1. The van der Waals surface area contributed by atoms with E-state index in [0.29, 0.717) is 28.5 Å². The van der Waals surface area contributed by atoms with Gasteiger partial charge >= 0.3 is 5.97 Å². The maximum absolute atomic E-state index is 12.0. The summed E-state index contributed by atoms with van der Waals surface area (Å²) in [6.07, 6.45) is 0. The van der Waals surface area contributed by atoms with Crippen LogP contribution in [0.25, 0.3) is 11.3 Å². The van der Waals surface area contributed by atoms with E-state index in [-0.39, 0.29) is 24.1 Å². The minimum Gasteiger partial charge on any atom is -0.496 e. The molecule has 7 heteroatoms. The summed E-state index contributed by atoms with van der Waals surface area (Å²) >= 11 is 1.39. The van der Waals surface area contributed by atoms with Gasteiger partial charge < -0.3 is 14.0 Å². The van der Waals surface area contributed by atoms with E-state index in [9.17, 15) is 9.59 Å². The van der Waals surface area contributed by atoms with Crippen LogP contribution in [0.15, 0.2) is 59.1 Å². The van der Waals surface area contributed by atoms with Crippen LogP contribution < -0.4 is 4.74 Å². The lowest BCUT2D eigenvalue weighted by molar-refractivity contribution is -0.141. The zero-order valence-corrected chi connectivity index (χ0v) is 17.0. The molecule has 0 spiro atoms. The topological polar surface area (TPSA) is 78.6 Å². The van der Waals surface area contributed by atoms with Crippen molar-refractivity contribution >= 4 is 23.5 Å². The van der Waals surface area contributed by atoms with E-state index < -0.39 is 0 Å². The molecular formula is C22H21NO5S. The summed E-state index contributed by atoms with van der Waals surface area (Å²) in [4.78, 5) is 23.6. The molecule has 0 saturated heterocycles. The minimum absolute atomic E-state index is 0.0132. The van der Waals surface area contributed by atoms with Crippen LogP contribution >= 0.6 is 11.8 Å². The molecule has 0 fully saturated rings. The molecule has 3 aromatic rings. The highest BCUT2D eigenvalue weighted by atomic mass is 32.2. The molecule has 3 rings (SSSR count). The van der Waals surface area contributed by atoms with Crippen LogP contribution in [0.2, 0.25) is 0 Å². The van der Waals surface area contributed by atoms with E-state index in [0.717, 1.165) is 11.1 Å². The average Bonchev–Trinajstić information content (AvgIpc) is 3.22. The predicted octanol–water partition coefficient (Wildman–Crippen LogP) is 4.53. The second kappa shape index (κ2) is 9.93. The van der Waals surface area contributed by atoms with Gasteiger partial charge in [0.25, 0.3) is 0 Å². The average molecular weight is 411 g/mol. The molecule has 0 bridgehead atoms. The molecule has 0 atom stereocenters. The molecule has 6 nitrogen and oxygen atoms in total. The number of nitrogens with zero attached hydrogens (tertiary/aromatic N) is 1. The number of ether oxygens (including phenoxy) is 2. The van der Waals surface area contributed by atoms with Gasteiger partial charge in [0.05, 0.1) is 12.9 Å². The Morgan fingerprint density at radius 1 is 1.10 bits per heavy atom. The van der Waals surface area contributed by atoms with Crippen molar-refractivity contribution in [2.45, 2.75) is 19.3 Å². The Morgan fingerprint density at radius 3 is 2.62 bits per heavy atom. The quantitative estimate of drug-likeness (QED) is 0.378. The van der Waals surface area contributed by atoms with Crippen LogP contribution in [0.4, 0.5) is 0 Å².